The third-order valence-corrected chi connectivity index (χ3v) is 6.09. The second kappa shape index (κ2) is 9.20. The molecule has 0 radical (unpaired) electrons. The van der Waals surface area contributed by atoms with E-state index in [1.807, 2.05) is 7.05 Å². The molecule has 25 heavy (non-hydrogen) atoms. The van der Waals surface area contributed by atoms with Crippen LogP contribution in [-0.4, -0.2) is 75.5 Å². The molecule has 7 heteroatoms. The standard InChI is InChI=1S/C18H30N4O2S/c1-4-19-18(21(3)15-17-8-6-5-7-16(17)2)20-9-10-22-11-13-25(23,24)14-12-22/h5-8H,4,9-15H2,1-3H3,(H,19,20). The van der Waals surface area contributed by atoms with Crippen molar-refractivity contribution in [2.45, 2.75) is 20.4 Å². The Morgan fingerprint density at radius 2 is 1.96 bits per heavy atom. The zero-order chi connectivity index (χ0) is 18.3. The highest BCUT2D eigenvalue weighted by Gasteiger charge is 2.20. The zero-order valence-corrected chi connectivity index (χ0v) is 16.3. The lowest BCUT2D eigenvalue weighted by Crippen LogP contribution is -2.42. The van der Waals surface area contributed by atoms with Gasteiger partial charge in [-0.15, -0.1) is 0 Å². The van der Waals surface area contributed by atoms with Crippen LogP contribution in [0.25, 0.3) is 0 Å². The molecule has 1 heterocycles. The average Bonchev–Trinajstić information content (AvgIpc) is 2.57. The minimum Gasteiger partial charge on any atom is -0.357 e. The molecule has 1 saturated heterocycles. The van der Waals surface area contributed by atoms with E-state index in [4.69, 9.17) is 4.99 Å². The number of aryl methyl sites for hydroxylation is 1. The summed E-state index contributed by atoms with van der Waals surface area (Å²) >= 11 is 0. The van der Waals surface area contributed by atoms with Crippen molar-refractivity contribution in [1.29, 1.82) is 0 Å². The first-order valence-electron chi connectivity index (χ1n) is 8.88. The van der Waals surface area contributed by atoms with Gasteiger partial charge in [0, 0.05) is 39.8 Å². The van der Waals surface area contributed by atoms with Gasteiger partial charge in [0.15, 0.2) is 15.8 Å². The smallest absolute Gasteiger partial charge is 0.194 e. The van der Waals surface area contributed by atoms with Crippen LogP contribution in [0.5, 0.6) is 0 Å². The van der Waals surface area contributed by atoms with Crippen LogP contribution in [-0.2, 0) is 16.4 Å². The maximum Gasteiger partial charge on any atom is 0.194 e. The number of sulfone groups is 1. The molecule has 0 aliphatic carbocycles. The molecule has 0 spiro atoms. The summed E-state index contributed by atoms with van der Waals surface area (Å²) in [6.45, 7) is 8.51. The van der Waals surface area contributed by atoms with E-state index in [0.717, 1.165) is 25.6 Å². The minimum absolute atomic E-state index is 0.268. The predicted octanol–water partition coefficient (Wildman–Crippen LogP) is 1.12. The number of aliphatic imine (C=N–C) groups is 1. The van der Waals surface area contributed by atoms with Crippen LogP contribution < -0.4 is 5.32 Å². The first-order valence-corrected chi connectivity index (χ1v) is 10.7. The maximum atomic E-state index is 11.5. The molecule has 0 unspecified atom stereocenters. The molecule has 0 amide bonds. The van der Waals surface area contributed by atoms with Crippen LogP contribution in [0, 0.1) is 6.92 Å². The van der Waals surface area contributed by atoms with E-state index in [9.17, 15) is 8.42 Å². The monoisotopic (exact) mass is 366 g/mol. The van der Waals surface area contributed by atoms with Crippen molar-refractivity contribution in [2.24, 2.45) is 4.99 Å². The van der Waals surface area contributed by atoms with E-state index in [2.05, 4.69) is 53.2 Å². The molecule has 0 aromatic heterocycles. The summed E-state index contributed by atoms with van der Waals surface area (Å²) in [7, 11) is -0.773. The Kier molecular flexibility index (Phi) is 7.25. The Hall–Kier alpha value is -1.60. The van der Waals surface area contributed by atoms with Gasteiger partial charge in [0.05, 0.1) is 18.1 Å². The van der Waals surface area contributed by atoms with Gasteiger partial charge in [-0.1, -0.05) is 24.3 Å². The Morgan fingerprint density at radius 1 is 1.28 bits per heavy atom. The lowest BCUT2D eigenvalue weighted by molar-refractivity contribution is 0.303. The third kappa shape index (κ3) is 6.32. The number of guanidine groups is 1. The first kappa shape index (κ1) is 19.7. The molecule has 0 bridgehead atoms. The SMILES string of the molecule is CCNC(=NCCN1CCS(=O)(=O)CC1)N(C)Cc1ccccc1C. The highest BCUT2D eigenvalue weighted by atomic mass is 32.2. The molecular formula is C18H30N4O2S. The van der Waals surface area contributed by atoms with E-state index in [1.54, 1.807) is 0 Å². The van der Waals surface area contributed by atoms with Gasteiger partial charge < -0.3 is 10.2 Å². The Bertz CT molecular complexity index is 674. The predicted molar refractivity (Wildman–Crippen MR) is 104 cm³/mol. The van der Waals surface area contributed by atoms with Gasteiger partial charge in [0.25, 0.3) is 0 Å². The molecule has 140 valence electrons. The fourth-order valence-electron chi connectivity index (χ4n) is 2.86. The van der Waals surface area contributed by atoms with Crippen molar-refractivity contribution in [3.05, 3.63) is 35.4 Å². The molecule has 0 saturated carbocycles. The van der Waals surface area contributed by atoms with Gasteiger partial charge in [-0.3, -0.25) is 9.89 Å². The van der Waals surface area contributed by atoms with Gasteiger partial charge in [-0.05, 0) is 25.0 Å². The van der Waals surface area contributed by atoms with Gasteiger partial charge >= 0.3 is 0 Å². The van der Waals surface area contributed by atoms with Crippen LogP contribution in [0.3, 0.4) is 0 Å². The summed E-state index contributed by atoms with van der Waals surface area (Å²) in [5.41, 5.74) is 2.57. The molecule has 1 aliphatic heterocycles. The Labute approximate surface area is 151 Å². The van der Waals surface area contributed by atoms with Crippen LogP contribution >= 0.6 is 0 Å². The number of nitrogens with one attached hydrogen (secondary N) is 1. The second-order valence-electron chi connectivity index (χ2n) is 6.51. The second-order valence-corrected chi connectivity index (χ2v) is 8.82. The highest BCUT2D eigenvalue weighted by Crippen LogP contribution is 2.09. The summed E-state index contributed by atoms with van der Waals surface area (Å²) in [5.74, 6) is 1.42. The number of benzene rings is 1. The van der Waals surface area contributed by atoms with Crippen molar-refractivity contribution in [3.63, 3.8) is 0 Å². The number of rotatable bonds is 6. The Morgan fingerprint density at radius 3 is 2.60 bits per heavy atom. The van der Waals surface area contributed by atoms with Crippen LogP contribution in [0.15, 0.2) is 29.3 Å². The summed E-state index contributed by atoms with van der Waals surface area (Å²) in [6.07, 6.45) is 0. The van der Waals surface area contributed by atoms with Crippen molar-refractivity contribution in [2.75, 3.05) is 51.3 Å². The number of hydrogen-bond donors (Lipinski definition) is 1. The molecule has 2 rings (SSSR count). The van der Waals surface area contributed by atoms with Crippen LogP contribution in [0.4, 0.5) is 0 Å². The molecule has 0 atom stereocenters. The minimum atomic E-state index is -2.82. The van der Waals surface area contributed by atoms with Crippen LogP contribution in [0.1, 0.15) is 18.1 Å². The fourth-order valence-corrected chi connectivity index (χ4v) is 4.14. The summed E-state index contributed by atoms with van der Waals surface area (Å²) < 4.78 is 23.0. The molecule has 1 aromatic carbocycles. The first-order chi connectivity index (χ1) is 11.9. The van der Waals surface area contributed by atoms with Crippen molar-refractivity contribution < 1.29 is 8.42 Å². The largest absolute Gasteiger partial charge is 0.357 e. The quantitative estimate of drug-likeness (QED) is 0.604. The van der Waals surface area contributed by atoms with E-state index in [1.165, 1.54) is 11.1 Å². The number of hydrogen-bond acceptors (Lipinski definition) is 4. The lowest BCUT2D eigenvalue weighted by atomic mass is 10.1. The molecular weight excluding hydrogens is 336 g/mol. The molecule has 1 aromatic rings. The zero-order valence-electron chi connectivity index (χ0n) is 15.5. The normalized spacial score (nSPS) is 18.1. The topological polar surface area (TPSA) is 65.0 Å². The van der Waals surface area contributed by atoms with Crippen molar-refractivity contribution >= 4 is 15.8 Å². The van der Waals surface area contributed by atoms with Gasteiger partial charge in [0.2, 0.25) is 0 Å². The lowest BCUT2D eigenvalue weighted by Gasteiger charge is -2.26. The molecule has 1 aliphatic rings. The molecule has 6 nitrogen and oxygen atoms in total. The average molecular weight is 367 g/mol. The summed E-state index contributed by atoms with van der Waals surface area (Å²) in [5, 5.41) is 3.33. The van der Waals surface area contributed by atoms with E-state index in [-0.39, 0.29) is 11.5 Å². The van der Waals surface area contributed by atoms with Gasteiger partial charge in [-0.2, -0.15) is 0 Å². The molecule has 1 fully saturated rings. The van der Waals surface area contributed by atoms with Gasteiger partial charge in [0.1, 0.15) is 0 Å². The summed E-state index contributed by atoms with van der Waals surface area (Å²) in [4.78, 5) is 9.02. The van der Waals surface area contributed by atoms with E-state index >= 15 is 0 Å². The van der Waals surface area contributed by atoms with E-state index < -0.39 is 9.84 Å². The summed E-state index contributed by atoms with van der Waals surface area (Å²) in [6, 6.07) is 8.38. The Balaban J connectivity index is 1.90. The van der Waals surface area contributed by atoms with Gasteiger partial charge in [-0.25, -0.2) is 8.42 Å². The molecule has 1 N–H and O–H groups in total. The highest BCUT2D eigenvalue weighted by molar-refractivity contribution is 7.91. The van der Waals surface area contributed by atoms with Crippen molar-refractivity contribution in [3.8, 4) is 0 Å². The fraction of sp³-hybridized carbons (Fsp3) is 0.611. The maximum absolute atomic E-state index is 11.5. The number of nitrogens with zero attached hydrogens (tertiary/aromatic N) is 3. The third-order valence-electron chi connectivity index (χ3n) is 4.48. The van der Waals surface area contributed by atoms with Crippen molar-refractivity contribution in [1.82, 2.24) is 15.1 Å². The van der Waals surface area contributed by atoms with E-state index in [0.29, 0.717) is 19.6 Å². The van der Waals surface area contributed by atoms with Crippen LogP contribution in [0.2, 0.25) is 0 Å².